The zero-order valence-corrected chi connectivity index (χ0v) is 13.2. The summed E-state index contributed by atoms with van der Waals surface area (Å²) in [6.07, 6.45) is 0. The van der Waals surface area contributed by atoms with Gasteiger partial charge in [0, 0.05) is 26.2 Å². The Bertz CT molecular complexity index is 698. The van der Waals surface area contributed by atoms with E-state index in [-0.39, 0.29) is 11.4 Å². The van der Waals surface area contributed by atoms with E-state index >= 15 is 0 Å². The van der Waals surface area contributed by atoms with Gasteiger partial charge in [-0.15, -0.1) is 0 Å². The van der Waals surface area contributed by atoms with Crippen molar-refractivity contribution in [1.82, 2.24) is 4.90 Å². The number of nitrogens with zero attached hydrogens (tertiary/aromatic N) is 2. The number of hydrogen-bond donors (Lipinski definition) is 1. The van der Waals surface area contributed by atoms with Gasteiger partial charge in [0.1, 0.15) is 18.3 Å². The summed E-state index contributed by atoms with van der Waals surface area (Å²) in [4.78, 5) is 15.0. The van der Waals surface area contributed by atoms with Gasteiger partial charge in [0.25, 0.3) is 0 Å². The molecule has 0 amide bonds. The van der Waals surface area contributed by atoms with Gasteiger partial charge in [-0.25, -0.2) is 9.18 Å². The van der Waals surface area contributed by atoms with Crippen molar-refractivity contribution in [3.63, 3.8) is 0 Å². The highest BCUT2D eigenvalue weighted by Gasteiger charge is 2.19. The zero-order valence-electron chi connectivity index (χ0n) is 13.2. The van der Waals surface area contributed by atoms with Crippen molar-refractivity contribution in [1.29, 1.82) is 0 Å². The molecule has 0 atom stereocenters. The van der Waals surface area contributed by atoms with Crippen molar-refractivity contribution < 1.29 is 19.0 Å². The Morgan fingerprint density at radius 2 is 1.71 bits per heavy atom. The predicted molar refractivity (Wildman–Crippen MR) is 89.1 cm³/mol. The van der Waals surface area contributed by atoms with Crippen LogP contribution in [0.4, 0.5) is 10.1 Å². The van der Waals surface area contributed by atoms with Gasteiger partial charge in [-0.3, -0.25) is 4.90 Å². The summed E-state index contributed by atoms with van der Waals surface area (Å²) in [7, 11) is 0. The van der Waals surface area contributed by atoms with Crippen molar-refractivity contribution in [3.05, 3.63) is 59.9 Å². The molecule has 0 bridgehead atoms. The largest absolute Gasteiger partial charge is 0.478 e. The minimum atomic E-state index is -0.953. The molecule has 1 heterocycles. The molecule has 2 aromatic carbocycles. The molecular formula is C18H19FN2O3. The Labute approximate surface area is 139 Å². The smallest absolute Gasteiger partial charge is 0.335 e. The van der Waals surface area contributed by atoms with E-state index in [4.69, 9.17) is 9.84 Å². The minimum absolute atomic E-state index is 0.194. The van der Waals surface area contributed by atoms with E-state index in [0.717, 1.165) is 26.2 Å². The van der Waals surface area contributed by atoms with Gasteiger partial charge < -0.3 is 14.7 Å². The fourth-order valence-corrected chi connectivity index (χ4v) is 2.69. The highest BCUT2D eigenvalue weighted by atomic mass is 19.1. The van der Waals surface area contributed by atoms with Crippen LogP contribution in [0.5, 0.6) is 5.75 Å². The number of para-hydroxylation sites is 1. The van der Waals surface area contributed by atoms with Crippen LogP contribution in [0, 0.1) is 5.82 Å². The molecule has 0 saturated carbocycles. The lowest BCUT2D eigenvalue weighted by Crippen LogP contribution is -2.47. The van der Waals surface area contributed by atoms with Crippen molar-refractivity contribution in [2.24, 2.45) is 0 Å². The van der Waals surface area contributed by atoms with Crippen LogP contribution in [-0.4, -0.2) is 48.9 Å². The Kier molecular flexibility index (Phi) is 4.96. The third-order valence-corrected chi connectivity index (χ3v) is 4.08. The predicted octanol–water partition coefficient (Wildman–Crippen LogP) is 2.68. The fraction of sp³-hybridized carbons (Fsp3) is 0.278. The lowest BCUT2D eigenvalue weighted by atomic mass is 10.2. The number of carboxylic acid groups (broad SMARTS) is 1. The first kappa shape index (κ1) is 16.3. The van der Waals surface area contributed by atoms with E-state index < -0.39 is 5.97 Å². The Balaban J connectivity index is 1.49. The lowest BCUT2D eigenvalue weighted by molar-refractivity contribution is 0.0696. The molecule has 1 saturated heterocycles. The monoisotopic (exact) mass is 330 g/mol. The molecule has 1 aliphatic rings. The maximum atomic E-state index is 13.8. The summed E-state index contributed by atoms with van der Waals surface area (Å²) in [5, 5.41) is 8.87. The second-order valence-electron chi connectivity index (χ2n) is 5.66. The molecule has 0 spiro atoms. The molecular weight excluding hydrogens is 311 g/mol. The second kappa shape index (κ2) is 7.31. The van der Waals surface area contributed by atoms with Crippen LogP contribution >= 0.6 is 0 Å². The fourth-order valence-electron chi connectivity index (χ4n) is 2.69. The maximum Gasteiger partial charge on any atom is 0.335 e. The number of carbonyl (C=O) groups is 1. The summed E-state index contributed by atoms with van der Waals surface area (Å²) in [5.74, 6) is -0.511. The highest BCUT2D eigenvalue weighted by molar-refractivity contribution is 5.87. The number of halogens is 1. The van der Waals surface area contributed by atoms with Crippen LogP contribution in [0.2, 0.25) is 0 Å². The standard InChI is InChI=1S/C18H19FN2O3/c19-16-3-1-2-4-17(16)21-11-9-20(10-12-21)13-24-15-7-5-14(6-8-15)18(22)23/h1-8H,9-13H2,(H,22,23). The van der Waals surface area contributed by atoms with E-state index in [1.165, 1.54) is 18.2 Å². The molecule has 5 nitrogen and oxygen atoms in total. The average Bonchev–Trinajstić information content (AvgIpc) is 2.61. The van der Waals surface area contributed by atoms with Crippen molar-refractivity contribution in [3.8, 4) is 5.75 Å². The van der Waals surface area contributed by atoms with Crippen molar-refractivity contribution in [2.75, 3.05) is 37.8 Å². The number of carboxylic acids is 1. The average molecular weight is 330 g/mol. The first-order chi connectivity index (χ1) is 11.6. The SMILES string of the molecule is O=C(O)c1ccc(OCN2CCN(c3ccccc3F)CC2)cc1. The molecule has 0 unspecified atom stereocenters. The number of aromatic carboxylic acids is 1. The molecule has 0 aliphatic carbocycles. The zero-order chi connectivity index (χ0) is 16.9. The van der Waals surface area contributed by atoms with Gasteiger partial charge in [-0.1, -0.05) is 12.1 Å². The van der Waals surface area contributed by atoms with Gasteiger partial charge in [0.05, 0.1) is 11.3 Å². The van der Waals surface area contributed by atoms with E-state index in [1.807, 2.05) is 11.0 Å². The van der Waals surface area contributed by atoms with Gasteiger partial charge in [-0.2, -0.15) is 0 Å². The number of rotatable bonds is 5. The number of piperazine rings is 1. The number of hydrogen-bond acceptors (Lipinski definition) is 4. The summed E-state index contributed by atoms with van der Waals surface area (Å²) >= 11 is 0. The number of benzene rings is 2. The minimum Gasteiger partial charge on any atom is -0.478 e. The van der Waals surface area contributed by atoms with Crippen LogP contribution in [0.1, 0.15) is 10.4 Å². The van der Waals surface area contributed by atoms with Crippen molar-refractivity contribution in [2.45, 2.75) is 0 Å². The Morgan fingerprint density at radius 3 is 2.33 bits per heavy atom. The van der Waals surface area contributed by atoms with Gasteiger partial charge >= 0.3 is 5.97 Å². The first-order valence-electron chi connectivity index (χ1n) is 7.81. The molecule has 24 heavy (non-hydrogen) atoms. The molecule has 126 valence electrons. The molecule has 0 aromatic heterocycles. The number of anilines is 1. The summed E-state index contributed by atoms with van der Waals surface area (Å²) in [6.45, 7) is 3.46. The van der Waals surface area contributed by atoms with Crippen LogP contribution in [0.3, 0.4) is 0 Å². The van der Waals surface area contributed by atoms with Gasteiger partial charge in [-0.05, 0) is 36.4 Å². The quantitative estimate of drug-likeness (QED) is 0.913. The molecule has 3 rings (SSSR count). The second-order valence-corrected chi connectivity index (χ2v) is 5.66. The highest BCUT2D eigenvalue weighted by Crippen LogP contribution is 2.20. The Hall–Kier alpha value is -2.60. The maximum absolute atomic E-state index is 13.8. The first-order valence-corrected chi connectivity index (χ1v) is 7.81. The van der Waals surface area contributed by atoms with E-state index in [0.29, 0.717) is 18.2 Å². The molecule has 1 aliphatic heterocycles. The van der Waals surface area contributed by atoms with E-state index in [2.05, 4.69) is 4.90 Å². The third-order valence-electron chi connectivity index (χ3n) is 4.08. The summed E-state index contributed by atoms with van der Waals surface area (Å²) in [5.41, 5.74) is 0.878. The van der Waals surface area contributed by atoms with Gasteiger partial charge in [0.2, 0.25) is 0 Å². The van der Waals surface area contributed by atoms with Crippen LogP contribution < -0.4 is 9.64 Å². The molecule has 6 heteroatoms. The molecule has 0 radical (unpaired) electrons. The molecule has 2 aromatic rings. The van der Waals surface area contributed by atoms with Crippen LogP contribution in [0.25, 0.3) is 0 Å². The summed E-state index contributed by atoms with van der Waals surface area (Å²) < 4.78 is 19.5. The van der Waals surface area contributed by atoms with Gasteiger partial charge in [0.15, 0.2) is 0 Å². The molecule has 1 fully saturated rings. The Morgan fingerprint density at radius 1 is 1.04 bits per heavy atom. The lowest BCUT2D eigenvalue weighted by Gasteiger charge is -2.35. The number of ether oxygens (including phenoxy) is 1. The van der Waals surface area contributed by atoms with Crippen molar-refractivity contribution >= 4 is 11.7 Å². The molecule has 1 N–H and O–H groups in total. The van der Waals surface area contributed by atoms with Crippen LogP contribution in [0.15, 0.2) is 48.5 Å². The van der Waals surface area contributed by atoms with E-state index in [1.54, 1.807) is 24.3 Å². The third kappa shape index (κ3) is 3.83. The normalized spacial score (nSPS) is 15.3. The van der Waals surface area contributed by atoms with Crippen LogP contribution in [-0.2, 0) is 0 Å². The topological polar surface area (TPSA) is 53.0 Å². The van der Waals surface area contributed by atoms with E-state index in [9.17, 15) is 9.18 Å². The summed E-state index contributed by atoms with van der Waals surface area (Å²) in [6, 6.07) is 13.2.